The van der Waals surface area contributed by atoms with E-state index in [9.17, 15) is 9.59 Å². The van der Waals surface area contributed by atoms with Crippen molar-refractivity contribution in [3.8, 4) is 0 Å². The molecule has 0 atom stereocenters. The van der Waals surface area contributed by atoms with Crippen LogP contribution in [0.1, 0.15) is 30.5 Å². The Kier molecular flexibility index (Phi) is 5.19. The Morgan fingerprint density at radius 2 is 2.24 bits per heavy atom. The van der Waals surface area contributed by atoms with Crippen molar-refractivity contribution in [2.45, 2.75) is 32.6 Å². The molecule has 1 amide bonds. The minimum Gasteiger partial charge on any atom is -0.481 e. The summed E-state index contributed by atoms with van der Waals surface area (Å²) in [5.74, 6) is -0.935. The van der Waals surface area contributed by atoms with Crippen LogP contribution in [0.2, 0.25) is 0 Å². The predicted octanol–water partition coefficient (Wildman–Crippen LogP) is 0.897. The Labute approximate surface area is 99.0 Å². The number of carbonyl (C=O) groups excluding carboxylic acids is 1. The van der Waals surface area contributed by atoms with Crippen LogP contribution in [-0.4, -0.2) is 28.7 Å². The maximum absolute atomic E-state index is 11.4. The van der Waals surface area contributed by atoms with Gasteiger partial charge in [-0.05, 0) is 19.8 Å². The summed E-state index contributed by atoms with van der Waals surface area (Å²) in [5, 5.41) is 14.8. The molecule has 1 aromatic rings. The van der Waals surface area contributed by atoms with Gasteiger partial charge < -0.3 is 14.9 Å². The summed E-state index contributed by atoms with van der Waals surface area (Å²) >= 11 is 0. The second-order valence-corrected chi connectivity index (χ2v) is 3.77. The van der Waals surface area contributed by atoms with Gasteiger partial charge in [-0.3, -0.25) is 9.59 Å². The first-order valence-corrected chi connectivity index (χ1v) is 5.48. The Hall–Kier alpha value is -1.85. The molecule has 0 spiro atoms. The summed E-state index contributed by atoms with van der Waals surface area (Å²) in [7, 11) is 0. The number of hydrogen-bond donors (Lipinski definition) is 2. The third-order valence-electron chi connectivity index (χ3n) is 2.36. The first-order valence-electron chi connectivity index (χ1n) is 5.48. The minimum atomic E-state index is -0.848. The van der Waals surface area contributed by atoms with Gasteiger partial charge >= 0.3 is 5.97 Å². The quantitative estimate of drug-likeness (QED) is 0.691. The van der Waals surface area contributed by atoms with Gasteiger partial charge in [0.25, 0.3) is 0 Å². The summed E-state index contributed by atoms with van der Waals surface area (Å²) in [4.78, 5) is 21.6. The zero-order chi connectivity index (χ0) is 12.7. The second-order valence-electron chi connectivity index (χ2n) is 3.77. The molecule has 6 nitrogen and oxygen atoms in total. The maximum Gasteiger partial charge on any atom is 0.303 e. The third kappa shape index (κ3) is 5.14. The van der Waals surface area contributed by atoms with Crippen LogP contribution in [-0.2, 0) is 16.0 Å². The highest BCUT2D eigenvalue weighted by atomic mass is 16.5. The summed E-state index contributed by atoms with van der Waals surface area (Å²) in [6, 6.07) is 0. The number of aliphatic carboxylic acids is 1. The molecule has 0 saturated heterocycles. The molecule has 1 heterocycles. The van der Waals surface area contributed by atoms with E-state index in [4.69, 9.17) is 9.63 Å². The van der Waals surface area contributed by atoms with E-state index in [1.807, 2.05) is 6.92 Å². The fourth-order valence-electron chi connectivity index (χ4n) is 1.36. The molecule has 0 radical (unpaired) electrons. The average molecular weight is 240 g/mol. The smallest absolute Gasteiger partial charge is 0.303 e. The summed E-state index contributed by atoms with van der Waals surface area (Å²) in [5.41, 5.74) is 1.72. The predicted molar refractivity (Wildman–Crippen MR) is 59.4 cm³/mol. The molecule has 0 aliphatic carbocycles. The second kappa shape index (κ2) is 6.67. The first kappa shape index (κ1) is 13.2. The summed E-state index contributed by atoms with van der Waals surface area (Å²) < 4.78 is 4.76. The van der Waals surface area contributed by atoms with E-state index in [1.54, 1.807) is 0 Å². The number of amides is 1. The SMILES string of the molecule is Cc1nocc1CCC(=O)NCCCC(=O)O. The fraction of sp³-hybridized carbons (Fsp3) is 0.545. The highest BCUT2D eigenvalue weighted by molar-refractivity contribution is 5.76. The summed E-state index contributed by atoms with van der Waals surface area (Å²) in [6.07, 6.45) is 3.00. The molecule has 0 aliphatic heterocycles. The molecule has 2 N–H and O–H groups in total. The van der Waals surface area contributed by atoms with Crippen LogP contribution in [0.4, 0.5) is 0 Å². The van der Waals surface area contributed by atoms with E-state index in [2.05, 4.69) is 10.5 Å². The van der Waals surface area contributed by atoms with E-state index in [0.29, 0.717) is 25.8 Å². The van der Waals surface area contributed by atoms with Crippen molar-refractivity contribution in [3.63, 3.8) is 0 Å². The molecule has 6 heteroatoms. The van der Waals surface area contributed by atoms with Crippen LogP contribution in [0.25, 0.3) is 0 Å². The van der Waals surface area contributed by atoms with Crippen LogP contribution in [0.3, 0.4) is 0 Å². The number of aryl methyl sites for hydroxylation is 2. The van der Waals surface area contributed by atoms with Crippen molar-refractivity contribution in [3.05, 3.63) is 17.5 Å². The van der Waals surface area contributed by atoms with Crippen molar-refractivity contribution in [1.29, 1.82) is 0 Å². The van der Waals surface area contributed by atoms with Gasteiger partial charge in [0.05, 0.1) is 5.69 Å². The molecule has 0 saturated carbocycles. The lowest BCUT2D eigenvalue weighted by Crippen LogP contribution is -2.25. The van der Waals surface area contributed by atoms with Gasteiger partial charge in [-0.25, -0.2) is 0 Å². The van der Waals surface area contributed by atoms with Crippen molar-refractivity contribution >= 4 is 11.9 Å². The fourth-order valence-corrected chi connectivity index (χ4v) is 1.36. The van der Waals surface area contributed by atoms with Gasteiger partial charge in [0.1, 0.15) is 6.26 Å². The lowest BCUT2D eigenvalue weighted by atomic mass is 10.1. The van der Waals surface area contributed by atoms with Gasteiger partial charge in [0.2, 0.25) is 5.91 Å². The standard InChI is InChI=1S/C11H16N2O4/c1-8-9(7-17-13-8)4-5-10(14)12-6-2-3-11(15)16/h7H,2-6H2,1H3,(H,12,14)(H,15,16). The summed E-state index contributed by atoms with van der Waals surface area (Å²) in [6.45, 7) is 2.22. The monoisotopic (exact) mass is 240 g/mol. The van der Waals surface area contributed by atoms with Gasteiger partial charge in [-0.15, -0.1) is 0 Å². The molecule has 1 rings (SSSR count). The zero-order valence-corrected chi connectivity index (χ0v) is 9.73. The number of carboxylic acids is 1. The van der Waals surface area contributed by atoms with Crippen LogP contribution in [0.5, 0.6) is 0 Å². The normalized spacial score (nSPS) is 10.2. The third-order valence-corrected chi connectivity index (χ3v) is 2.36. The average Bonchev–Trinajstić information content (AvgIpc) is 2.67. The topological polar surface area (TPSA) is 92.4 Å². The first-order chi connectivity index (χ1) is 8.09. The number of aromatic nitrogens is 1. The van der Waals surface area contributed by atoms with Crippen LogP contribution in [0, 0.1) is 6.92 Å². The number of nitrogens with zero attached hydrogens (tertiary/aromatic N) is 1. The van der Waals surface area contributed by atoms with E-state index in [1.165, 1.54) is 6.26 Å². The van der Waals surface area contributed by atoms with Gasteiger partial charge in [-0.1, -0.05) is 5.16 Å². The molecule has 94 valence electrons. The highest BCUT2D eigenvalue weighted by Gasteiger charge is 2.06. The van der Waals surface area contributed by atoms with Gasteiger partial charge in [-0.2, -0.15) is 0 Å². The molecular weight excluding hydrogens is 224 g/mol. The van der Waals surface area contributed by atoms with Gasteiger partial charge in [0, 0.05) is 24.9 Å². The largest absolute Gasteiger partial charge is 0.481 e. The molecule has 0 bridgehead atoms. The van der Waals surface area contributed by atoms with Crippen LogP contribution < -0.4 is 5.32 Å². The number of carboxylic acid groups (broad SMARTS) is 1. The molecule has 0 unspecified atom stereocenters. The lowest BCUT2D eigenvalue weighted by Gasteiger charge is -2.03. The van der Waals surface area contributed by atoms with Crippen LogP contribution in [0.15, 0.2) is 10.8 Å². The number of rotatable bonds is 7. The zero-order valence-electron chi connectivity index (χ0n) is 9.73. The highest BCUT2D eigenvalue weighted by Crippen LogP contribution is 2.07. The molecule has 0 fully saturated rings. The van der Waals surface area contributed by atoms with Crippen molar-refractivity contribution < 1.29 is 19.2 Å². The molecular formula is C11H16N2O4. The van der Waals surface area contributed by atoms with Crippen molar-refractivity contribution in [1.82, 2.24) is 10.5 Å². The molecule has 1 aromatic heterocycles. The number of nitrogens with one attached hydrogen (secondary N) is 1. The number of hydrogen-bond acceptors (Lipinski definition) is 4. The van der Waals surface area contributed by atoms with E-state index >= 15 is 0 Å². The van der Waals surface area contributed by atoms with Gasteiger partial charge in [0.15, 0.2) is 0 Å². The Morgan fingerprint density at radius 3 is 2.82 bits per heavy atom. The Balaban J connectivity index is 2.13. The lowest BCUT2D eigenvalue weighted by molar-refractivity contribution is -0.137. The van der Waals surface area contributed by atoms with Crippen molar-refractivity contribution in [2.24, 2.45) is 0 Å². The molecule has 0 aliphatic rings. The van der Waals surface area contributed by atoms with E-state index in [0.717, 1.165) is 11.3 Å². The van der Waals surface area contributed by atoms with E-state index < -0.39 is 5.97 Å². The van der Waals surface area contributed by atoms with Crippen molar-refractivity contribution in [2.75, 3.05) is 6.54 Å². The minimum absolute atomic E-state index is 0.0744. The Morgan fingerprint density at radius 1 is 1.47 bits per heavy atom. The molecule has 0 aromatic carbocycles. The Bertz CT molecular complexity index is 387. The maximum atomic E-state index is 11.4. The van der Waals surface area contributed by atoms with E-state index in [-0.39, 0.29) is 12.3 Å². The van der Waals surface area contributed by atoms with Crippen LogP contribution >= 0.6 is 0 Å². The number of carbonyl (C=O) groups is 2. The molecule has 17 heavy (non-hydrogen) atoms.